The van der Waals surface area contributed by atoms with Crippen LogP contribution in [0.4, 0.5) is 0 Å². The highest BCUT2D eigenvalue weighted by Crippen LogP contribution is 2.28. The first kappa shape index (κ1) is 11.4. The Balaban J connectivity index is 2.28. The van der Waals surface area contributed by atoms with Crippen LogP contribution in [0.5, 0.6) is 0 Å². The molecule has 0 aliphatic carbocycles. The minimum Gasteiger partial charge on any atom is -0.156 e. The third-order valence-corrected chi connectivity index (χ3v) is 4.41. The van der Waals surface area contributed by atoms with Crippen molar-refractivity contribution in [2.45, 2.75) is 26.5 Å². The van der Waals surface area contributed by atoms with Crippen LogP contribution in [0.3, 0.4) is 0 Å². The molecule has 74 valence electrons. The molecule has 0 spiro atoms. The van der Waals surface area contributed by atoms with E-state index in [-0.39, 0.29) is 0 Å². The maximum absolute atomic E-state index is 5.84. The van der Waals surface area contributed by atoms with E-state index in [1.54, 1.807) is 11.3 Å². The van der Waals surface area contributed by atoms with Gasteiger partial charge in [0.1, 0.15) is 0 Å². The second kappa shape index (κ2) is 4.72. The molecule has 0 N–H and O–H groups in total. The quantitative estimate of drug-likeness (QED) is 0.732. The van der Waals surface area contributed by atoms with Gasteiger partial charge in [-0.25, -0.2) is 0 Å². The van der Waals surface area contributed by atoms with Crippen molar-refractivity contribution in [2.24, 2.45) is 5.41 Å². The highest BCUT2D eigenvalue weighted by Gasteiger charge is 2.10. The molecule has 3 heteroatoms. The first-order valence-corrected chi connectivity index (χ1v) is 6.64. The molecule has 0 atom stereocenters. The molecule has 0 radical (unpaired) electrons. The molecule has 1 rings (SSSR count). The van der Waals surface area contributed by atoms with E-state index >= 15 is 0 Å². The lowest BCUT2D eigenvalue weighted by Crippen LogP contribution is -2.08. The summed E-state index contributed by atoms with van der Waals surface area (Å²) in [5.74, 6) is 2.29. The Morgan fingerprint density at radius 3 is 2.54 bits per heavy atom. The van der Waals surface area contributed by atoms with Gasteiger partial charge in [0.05, 0.1) is 4.34 Å². The van der Waals surface area contributed by atoms with Crippen molar-refractivity contribution >= 4 is 34.7 Å². The SMILES string of the molecule is CC(C)(C)CSCc1ccc(Cl)s1. The van der Waals surface area contributed by atoms with Crippen LogP contribution in [0.1, 0.15) is 25.6 Å². The van der Waals surface area contributed by atoms with Crippen LogP contribution in [0, 0.1) is 5.41 Å². The normalized spacial score (nSPS) is 12.0. The van der Waals surface area contributed by atoms with Gasteiger partial charge in [-0.2, -0.15) is 11.8 Å². The molecule has 0 nitrogen and oxygen atoms in total. The van der Waals surface area contributed by atoms with Gasteiger partial charge in [0.2, 0.25) is 0 Å². The minimum atomic E-state index is 0.422. The van der Waals surface area contributed by atoms with Crippen LogP contribution in [0.25, 0.3) is 0 Å². The molecular weight excluding hydrogens is 220 g/mol. The molecule has 13 heavy (non-hydrogen) atoms. The highest BCUT2D eigenvalue weighted by atomic mass is 35.5. The average Bonchev–Trinajstić information content (AvgIpc) is 2.33. The standard InChI is InChI=1S/C10H15ClS2/c1-10(2,3)7-12-6-8-4-5-9(11)13-8/h4-5H,6-7H2,1-3H3. The van der Waals surface area contributed by atoms with Gasteiger partial charge in [-0.1, -0.05) is 32.4 Å². The zero-order valence-corrected chi connectivity index (χ0v) is 10.7. The van der Waals surface area contributed by atoms with Gasteiger partial charge in [0, 0.05) is 10.6 Å². The zero-order chi connectivity index (χ0) is 9.90. The third kappa shape index (κ3) is 4.94. The van der Waals surface area contributed by atoms with E-state index in [1.807, 2.05) is 17.8 Å². The summed E-state index contributed by atoms with van der Waals surface area (Å²) < 4.78 is 0.895. The Bertz CT molecular complexity index is 260. The van der Waals surface area contributed by atoms with Crippen molar-refractivity contribution in [3.05, 3.63) is 21.3 Å². The van der Waals surface area contributed by atoms with Crippen LogP contribution >= 0.6 is 34.7 Å². The van der Waals surface area contributed by atoms with Crippen molar-refractivity contribution in [3.63, 3.8) is 0 Å². The monoisotopic (exact) mass is 234 g/mol. The van der Waals surface area contributed by atoms with Crippen LogP contribution in [-0.2, 0) is 5.75 Å². The first-order valence-electron chi connectivity index (χ1n) is 4.29. The minimum absolute atomic E-state index is 0.422. The van der Waals surface area contributed by atoms with Gasteiger partial charge < -0.3 is 0 Å². The number of rotatable bonds is 3. The second-order valence-corrected chi connectivity index (χ2v) is 7.04. The molecule has 0 aliphatic rings. The molecule has 0 amide bonds. The molecule has 0 aliphatic heterocycles. The smallest absolute Gasteiger partial charge is 0.0931 e. The van der Waals surface area contributed by atoms with Crippen molar-refractivity contribution in [1.82, 2.24) is 0 Å². The summed E-state index contributed by atoms with van der Waals surface area (Å²) in [6.07, 6.45) is 0. The van der Waals surface area contributed by atoms with E-state index in [9.17, 15) is 0 Å². The predicted octanol–water partition coefficient (Wildman–Crippen LogP) is 4.68. The summed E-state index contributed by atoms with van der Waals surface area (Å²) in [4.78, 5) is 1.37. The molecule has 1 aromatic heterocycles. The maximum Gasteiger partial charge on any atom is 0.0931 e. The van der Waals surface area contributed by atoms with E-state index in [1.165, 1.54) is 10.6 Å². The Morgan fingerprint density at radius 1 is 1.38 bits per heavy atom. The van der Waals surface area contributed by atoms with Gasteiger partial charge in [-0.05, 0) is 23.3 Å². The molecule has 1 aromatic rings. The van der Waals surface area contributed by atoms with Crippen molar-refractivity contribution in [3.8, 4) is 0 Å². The number of thiophene rings is 1. The molecule has 0 bridgehead atoms. The maximum atomic E-state index is 5.84. The van der Waals surface area contributed by atoms with Crippen molar-refractivity contribution in [1.29, 1.82) is 0 Å². The van der Waals surface area contributed by atoms with Gasteiger partial charge in [0.25, 0.3) is 0 Å². The Kier molecular flexibility index (Phi) is 4.14. The average molecular weight is 235 g/mol. The van der Waals surface area contributed by atoms with Crippen LogP contribution < -0.4 is 0 Å². The number of thioether (sulfide) groups is 1. The third-order valence-electron chi connectivity index (χ3n) is 1.41. The fraction of sp³-hybridized carbons (Fsp3) is 0.600. The van der Waals surface area contributed by atoms with E-state index < -0.39 is 0 Å². The van der Waals surface area contributed by atoms with Gasteiger partial charge >= 0.3 is 0 Å². The molecule has 0 saturated carbocycles. The van der Waals surface area contributed by atoms with E-state index in [0.717, 1.165) is 10.1 Å². The summed E-state index contributed by atoms with van der Waals surface area (Å²) in [6, 6.07) is 4.09. The molecule has 0 unspecified atom stereocenters. The number of halogens is 1. The number of hydrogen-bond donors (Lipinski definition) is 0. The molecule has 0 fully saturated rings. The summed E-state index contributed by atoms with van der Waals surface area (Å²) in [6.45, 7) is 6.80. The molecule has 1 heterocycles. The van der Waals surface area contributed by atoms with Crippen molar-refractivity contribution in [2.75, 3.05) is 5.75 Å². The predicted molar refractivity (Wildman–Crippen MR) is 64.9 cm³/mol. The fourth-order valence-electron chi connectivity index (χ4n) is 0.887. The zero-order valence-electron chi connectivity index (χ0n) is 8.26. The largest absolute Gasteiger partial charge is 0.156 e. The molecule has 0 aromatic carbocycles. The number of hydrogen-bond acceptors (Lipinski definition) is 2. The molecule has 0 saturated heterocycles. The van der Waals surface area contributed by atoms with Crippen LogP contribution in [0.2, 0.25) is 4.34 Å². The van der Waals surface area contributed by atoms with Crippen LogP contribution in [0.15, 0.2) is 12.1 Å². The fourth-order valence-corrected chi connectivity index (χ4v) is 3.27. The van der Waals surface area contributed by atoms with E-state index in [0.29, 0.717) is 5.41 Å². The van der Waals surface area contributed by atoms with Gasteiger partial charge in [-0.3, -0.25) is 0 Å². The highest BCUT2D eigenvalue weighted by molar-refractivity contribution is 7.98. The van der Waals surface area contributed by atoms with Gasteiger partial charge in [-0.15, -0.1) is 11.3 Å². The Hall–Kier alpha value is 0.340. The Labute approximate surface area is 93.7 Å². The second-order valence-electron chi connectivity index (χ2n) is 4.26. The molecular formula is C10H15ClS2. The lowest BCUT2D eigenvalue weighted by molar-refractivity contribution is 0.481. The topological polar surface area (TPSA) is 0 Å². The van der Waals surface area contributed by atoms with Crippen LogP contribution in [-0.4, -0.2) is 5.75 Å². The summed E-state index contributed by atoms with van der Waals surface area (Å²) in [7, 11) is 0. The summed E-state index contributed by atoms with van der Waals surface area (Å²) >= 11 is 9.50. The first-order chi connectivity index (χ1) is 5.97. The lowest BCUT2D eigenvalue weighted by atomic mass is 10.0. The summed E-state index contributed by atoms with van der Waals surface area (Å²) in [5, 5.41) is 0. The lowest BCUT2D eigenvalue weighted by Gasteiger charge is -2.16. The van der Waals surface area contributed by atoms with E-state index in [4.69, 9.17) is 11.6 Å². The Morgan fingerprint density at radius 2 is 2.08 bits per heavy atom. The summed E-state index contributed by atoms with van der Waals surface area (Å²) in [5.41, 5.74) is 0.422. The van der Waals surface area contributed by atoms with Crippen molar-refractivity contribution < 1.29 is 0 Å². The van der Waals surface area contributed by atoms with Gasteiger partial charge in [0.15, 0.2) is 0 Å². The van der Waals surface area contributed by atoms with E-state index in [2.05, 4.69) is 26.8 Å².